The molecule has 156 valence electrons. The second-order valence-corrected chi connectivity index (χ2v) is 7.87. The summed E-state index contributed by atoms with van der Waals surface area (Å²) in [6, 6.07) is 14.3. The Morgan fingerprint density at radius 1 is 1.10 bits per heavy atom. The van der Waals surface area contributed by atoms with E-state index < -0.39 is 17.6 Å². The number of nitrogens with zero attached hydrogens (tertiary/aromatic N) is 2. The first-order chi connectivity index (χ1) is 14.2. The summed E-state index contributed by atoms with van der Waals surface area (Å²) in [6.45, 7) is 1.79. The van der Waals surface area contributed by atoms with Crippen LogP contribution in [-0.2, 0) is 11.0 Å². The minimum Gasteiger partial charge on any atom is -0.325 e. The van der Waals surface area contributed by atoms with Gasteiger partial charge in [0, 0.05) is 17.7 Å². The number of benzene rings is 2. The van der Waals surface area contributed by atoms with E-state index in [1.807, 2.05) is 36.4 Å². The molecule has 4 nitrogen and oxygen atoms in total. The van der Waals surface area contributed by atoms with Gasteiger partial charge in [-0.2, -0.15) is 13.2 Å². The van der Waals surface area contributed by atoms with Crippen LogP contribution in [0.1, 0.15) is 17.8 Å². The zero-order chi connectivity index (χ0) is 21.7. The van der Waals surface area contributed by atoms with Crippen LogP contribution in [0.2, 0.25) is 5.02 Å². The third-order valence-electron chi connectivity index (χ3n) is 4.03. The average Bonchev–Trinajstić information content (AvgIpc) is 2.69. The molecule has 0 bridgehead atoms. The molecule has 9 heteroatoms. The summed E-state index contributed by atoms with van der Waals surface area (Å²) in [4.78, 5) is 21.0. The van der Waals surface area contributed by atoms with Gasteiger partial charge < -0.3 is 5.32 Å². The molecule has 1 heterocycles. The molecule has 0 unspecified atom stereocenters. The second kappa shape index (κ2) is 9.49. The number of anilines is 1. The van der Waals surface area contributed by atoms with E-state index in [4.69, 9.17) is 11.6 Å². The Morgan fingerprint density at radius 2 is 1.83 bits per heavy atom. The molecule has 30 heavy (non-hydrogen) atoms. The van der Waals surface area contributed by atoms with Crippen molar-refractivity contribution < 1.29 is 18.0 Å². The van der Waals surface area contributed by atoms with Crippen LogP contribution in [-0.4, -0.2) is 21.6 Å². The van der Waals surface area contributed by atoms with Gasteiger partial charge in [-0.05, 0) is 31.2 Å². The van der Waals surface area contributed by atoms with Gasteiger partial charge in [0.1, 0.15) is 10.9 Å². The molecule has 1 amide bonds. The molecule has 0 fully saturated rings. The summed E-state index contributed by atoms with van der Waals surface area (Å²) in [7, 11) is 0. The smallest absolute Gasteiger partial charge is 0.325 e. The SMILES string of the molecule is Cc1nc(SCCC(=O)Nc2cc(C(F)(F)F)ccc2Cl)cc(-c2ccccc2)n1. The molecule has 0 saturated heterocycles. The summed E-state index contributed by atoms with van der Waals surface area (Å²) in [5, 5.41) is 3.20. The quantitative estimate of drug-likeness (QED) is 0.356. The van der Waals surface area contributed by atoms with Crippen molar-refractivity contribution in [1.82, 2.24) is 9.97 Å². The fraction of sp³-hybridized carbons (Fsp3) is 0.190. The second-order valence-electron chi connectivity index (χ2n) is 6.34. The normalized spacial score (nSPS) is 11.4. The van der Waals surface area contributed by atoms with Crippen LogP contribution in [0.3, 0.4) is 0 Å². The Hall–Kier alpha value is -2.58. The lowest BCUT2D eigenvalue weighted by molar-refractivity contribution is -0.137. The van der Waals surface area contributed by atoms with Crippen molar-refractivity contribution in [3.05, 3.63) is 71.0 Å². The van der Waals surface area contributed by atoms with Crippen LogP contribution in [0.4, 0.5) is 18.9 Å². The largest absolute Gasteiger partial charge is 0.416 e. The van der Waals surface area contributed by atoms with Crippen LogP contribution < -0.4 is 5.32 Å². The molecule has 3 rings (SSSR count). The lowest BCUT2D eigenvalue weighted by Crippen LogP contribution is -2.14. The van der Waals surface area contributed by atoms with Crippen LogP contribution in [0.25, 0.3) is 11.3 Å². The van der Waals surface area contributed by atoms with E-state index in [2.05, 4.69) is 15.3 Å². The number of aromatic nitrogens is 2. The Bertz CT molecular complexity index is 1050. The standard InChI is InChI=1S/C21H17ClF3N3OS/c1-13-26-17(14-5-3-2-4-6-14)12-20(27-13)30-10-9-19(29)28-18-11-15(21(23,24)25)7-8-16(18)22/h2-8,11-12H,9-10H2,1H3,(H,28,29). The number of hydrogen-bond donors (Lipinski definition) is 1. The highest BCUT2D eigenvalue weighted by Gasteiger charge is 2.31. The van der Waals surface area contributed by atoms with Gasteiger partial charge >= 0.3 is 6.18 Å². The van der Waals surface area contributed by atoms with Gasteiger partial charge in [0.25, 0.3) is 0 Å². The number of alkyl halides is 3. The predicted octanol–water partition coefficient (Wildman–Crippen LogP) is 6.25. The van der Waals surface area contributed by atoms with Crippen molar-refractivity contribution >= 4 is 35.0 Å². The van der Waals surface area contributed by atoms with Gasteiger partial charge in [-0.15, -0.1) is 11.8 Å². The summed E-state index contributed by atoms with van der Waals surface area (Å²) < 4.78 is 38.5. The van der Waals surface area contributed by atoms with E-state index in [9.17, 15) is 18.0 Å². The first-order valence-corrected chi connectivity index (χ1v) is 10.3. The Kier molecular flexibility index (Phi) is 6.99. The minimum atomic E-state index is -4.51. The summed E-state index contributed by atoms with van der Waals surface area (Å²) >= 11 is 7.28. The topological polar surface area (TPSA) is 54.9 Å². The number of amides is 1. The summed E-state index contributed by atoms with van der Waals surface area (Å²) in [5.41, 5.74) is 0.805. The van der Waals surface area contributed by atoms with Gasteiger partial charge in [-0.3, -0.25) is 4.79 Å². The number of carbonyl (C=O) groups is 1. The molecule has 2 aromatic carbocycles. The number of halogens is 4. The van der Waals surface area contributed by atoms with E-state index in [1.165, 1.54) is 11.8 Å². The summed E-state index contributed by atoms with van der Waals surface area (Å²) in [5.74, 6) is 0.574. The Morgan fingerprint density at radius 3 is 2.53 bits per heavy atom. The van der Waals surface area contributed by atoms with E-state index in [0.29, 0.717) is 16.6 Å². The monoisotopic (exact) mass is 451 g/mol. The van der Waals surface area contributed by atoms with Crippen LogP contribution in [0.5, 0.6) is 0 Å². The lowest BCUT2D eigenvalue weighted by Gasteiger charge is -2.11. The number of rotatable bonds is 6. The molecule has 3 aromatic rings. The van der Waals surface area contributed by atoms with Crippen LogP contribution in [0.15, 0.2) is 59.6 Å². The van der Waals surface area contributed by atoms with Gasteiger partial charge in [0.05, 0.1) is 22.0 Å². The van der Waals surface area contributed by atoms with Crippen molar-refractivity contribution in [1.29, 1.82) is 0 Å². The van der Waals surface area contributed by atoms with Gasteiger partial charge in [0.15, 0.2) is 0 Å². The highest BCUT2D eigenvalue weighted by molar-refractivity contribution is 7.99. The Balaban J connectivity index is 1.61. The summed E-state index contributed by atoms with van der Waals surface area (Å²) in [6.07, 6.45) is -4.43. The fourth-order valence-corrected chi connectivity index (χ4v) is 3.68. The molecule has 0 aliphatic rings. The fourth-order valence-electron chi connectivity index (χ4n) is 2.63. The maximum absolute atomic E-state index is 12.8. The van der Waals surface area contributed by atoms with E-state index in [1.54, 1.807) is 6.92 Å². The zero-order valence-corrected chi connectivity index (χ0v) is 17.4. The van der Waals surface area contributed by atoms with E-state index in [0.717, 1.165) is 29.5 Å². The molecule has 0 aliphatic carbocycles. The van der Waals surface area contributed by atoms with Crippen LogP contribution >= 0.6 is 23.4 Å². The zero-order valence-electron chi connectivity index (χ0n) is 15.8. The number of hydrogen-bond acceptors (Lipinski definition) is 4. The van der Waals surface area contributed by atoms with Gasteiger partial charge in [-0.25, -0.2) is 9.97 Å². The Labute approximate surface area is 180 Å². The molecule has 1 aromatic heterocycles. The highest BCUT2D eigenvalue weighted by atomic mass is 35.5. The number of carbonyl (C=O) groups excluding carboxylic acids is 1. The molecule has 1 N–H and O–H groups in total. The predicted molar refractivity (Wildman–Crippen MR) is 113 cm³/mol. The highest BCUT2D eigenvalue weighted by Crippen LogP contribution is 2.34. The van der Waals surface area contributed by atoms with Crippen molar-refractivity contribution in [3.63, 3.8) is 0 Å². The van der Waals surface area contributed by atoms with Crippen molar-refractivity contribution in [2.45, 2.75) is 24.5 Å². The third kappa shape index (κ3) is 5.96. The maximum Gasteiger partial charge on any atom is 0.416 e. The first kappa shape index (κ1) is 22.1. The van der Waals surface area contributed by atoms with E-state index >= 15 is 0 Å². The number of thioether (sulfide) groups is 1. The molecule has 0 saturated carbocycles. The maximum atomic E-state index is 12.8. The minimum absolute atomic E-state index is 0.0444. The molecule has 0 atom stereocenters. The molecule has 0 radical (unpaired) electrons. The van der Waals surface area contributed by atoms with Gasteiger partial charge in [0.2, 0.25) is 5.91 Å². The van der Waals surface area contributed by atoms with Gasteiger partial charge in [-0.1, -0.05) is 41.9 Å². The molecular weight excluding hydrogens is 435 g/mol. The van der Waals surface area contributed by atoms with Crippen molar-refractivity contribution in [2.75, 3.05) is 11.1 Å². The molecule has 0 aliphatic heterocycles. The lowest BCUT2D eigenvalue weighted by atomic mass is 10.1. The average molecular weight is 452 g/mol. The molecular formula is C21H17ClF3N3OS. The number of aryl methyl sites for hydroxylation is 1. The van der Waals surface area contributed by atoms with Crippen molar-refractivity contribution in [3.8, 4) is 11.3 Å². The molecule has 0 spiro atoms. The third-order valence-corrected chi connectivity index (χ3v) is 5.27. The first-order valence-electron chi connectivity index (χ1n) is 8.93. The van der Waals surface area contributed by atoms with Crippen molar-refractivity contribution in [2.24, 2.45) is 0 Å². The van der Waals surface area contributed by atoms with E-state index in [-0.39, 0.29) is 17.1 Å². The van der Waals surface area contributed by atoms with Crippen LogP contribution in [0, 0.1) is 6.92 Å². The number of nitrogens with one attached hydrogen (secondary N) is 1.